The summed E-state index contributed by atoms with van der Waals surface area (Å²) < 4.78 is 0. The summed E-state index contributed by atoms with van der Waals surface area (Å²) in [6.07, 6.45) is 3.48. The van der Waals surface area contributed by atoms with Gasteiger partial charge in [-0.3, -0.25) is 0 Å². The molecule has 11 heavy (non-hydrogen) atoms. The lowest BCUT2D eigenvalue weighted by atomic mass is 9.86. The van der Waals surface area contributed by atoms with E-state index >= 15 is 0 Å². The van der Waals surface area contributed by atoms with Gasteiger partial charge in [0.1, 0.15) is 0 Å². The van der Waals surface area contributed by atoms with Crippen LogP contribution in [0, 0.1) is 11.3 Å². The fraction of sp³-hybridized carbons (Fsp3) is 1.00. The summed E-state index contributed by atoms with van der Waals surface area (Å²) in [5.74, 6) is 0.522. The minimum absolute atomic E-state index is 0.354. The van der Waals surface area contributed by atoms with E-state index in [9.17, 15) is 0 Å². The molecule has 0 aromatic rings. The zero-order chi connectivity index (χ0) is 8.91. The topological polar surface area (TPSA) is 20.2 Å². The van der Waals surface area contributed by atoms with E-state index in [4.69, 9.17) is 5.11 Å². The van der Waals surface area contributed by atoms with Gasteiger partial charge >= 0.3 is 0 Å². The van der Waals surface area contributed by atoms with Crippen LogP contribution < -0.4 is 0 Å². The van der Waals surface area contributed by atoms with Gasteiger partial charge in [0.05, 0.1) is 0 Å². The van der Waals surface area contributed by atoms with Crippen LogP contribution in [0.2, 0.25) is 0 Å². The molecule has 0 radical (unpaired) electrons. The molecule has 0 unspecified atom stereocenters. The Balaban J connectivity index is 3.51. The van der Waals surface area contributed by atoms with Crippen molar-refractivity contribution in [1.29, 1.82) is 0 Å². The first kappa shape index (κ1) is 11.0. The molecule has 0 aliphatic rings. The van der Waals surface area contributed by atoms with E-state index in [-0.39, 0.29) is 0 Å². The van der Waals surface area contributed by atoms with E-state index < -0.39 is 0 Å². The quantitative estimate of drug-likeness (QED) is 0.667. The Morgan fingerprint density at radius 1 is 1.27 bits per heavy atom. The summed E-state index contributed by atoms with van der Waals surface area (Å²) in [6, 6.07) is 0. The monoisotopic (exact) mass is 158 g/mol. The second-order valence-corrected chi connectivity index (χ2v) is 4.56. The molecule has 0 heterocycles. The van der Waals surface area contributed by atoms with Crippen molar-refractivity contribution >= 4 is 0 Å². The van der Waals surface area contributed by atoms with Crippen LogP contribution in [-0.2, 0) is 0 Å². The lowest BCUT2D eigenvalue weighted by molar-refractivity contribution is 0.197. The summed E-state index contributed by atoms with van der Waals surface area (Å²) in [5.41, 5.74) is 0.419. The van der Waals surface area contributed by atoms with Crippen molar-refractivity contribution in [3.05, 3.63) is 0 Å². The molecule has 1 N–H and O–H groups in total. The number of hydrogen-bond acceptors (Lipinski definition) is 1. The maximum Gasteiger partial charge on any atom is 0.0459 e. The van der Waals surface area contributed by atoms with Crippen molar-refractivity contribution in [2.24, 2.45) is 11.3 Å². The van der Waals surface area contributed by atoms with Crippen LogP contribution in [0.5, 0.6) is 0 Å². The van der Waals surface area contributed by atoms with E-state index in [0.29, 0.717) is 17.9 Å². The molecular formula is C10H22O. The van der Waals surface area contributed by atoms with Gasteiger partial charge < -0.3 is 5.11 Å². The van der Waals surface area contributed by atoms with Crippen molar-refractivity contribution in [3.63, 3.8) is 0 Å². The zero-order valence-corrected chi connectivity index (χ0v) is 8.35. The molecule has 0 rings (SSSR count). The van der Waals surface area contributed by atoms with Gasteiger partial charge in [0, 0.05) is 6.61 Å². The summed E-state index contributed by atoms with van der Waals surface area (Å²) in [5, 5.41) is 8.92. The van der Waals surface area contributed by atoms with Crippen LogP contribution in [-0.4, -0.2) is 11.7 Å². The predicted octanol–water partition coefficient (Wildman–Crippen LogP) is 2.83. The lowest BCUT2D eigenvalue weighted by Crippen LogP contribution is -2.11. The average molecular weight is 158 g/mol. The van der Waals surface area contributed by atoms with Gasteiger partial charge in [-0.1, -0.05) is 34.1 Å². The van der Waals surface area contributed by atoms with Crippen LogP contribution in [0.4, 0.5) is 0 Å². The first-order chi connectivity index (χ1) is 4.99. The number of hydrogen-bond donors (Lipinski definition) is 1. The molecule has 1 heteroatoms. The third-order valence-corrected chi connectivity index (χ3v) is 2.14. The molecule has 0 aromatic carbocycles. The Bertz CT molecular complexity index is 87.5. The van der Waals surface area contributed by atoms with Gasteiger partial charge in [-0.2, -0.15) is 0 Å². The largest absolute Gasteiger partial charge is 0.396 e. The first-order valence-corrected chi connectivity index (χ1v) is 4.60. The van der Waals surface area contributed by atoms with Crippen molar-refractivity contribution in [3.8, 4) is 0 Å². The normalized spacial score (nSPS) is 15.0. The smallest absolute Gasteiger partial charge is 0.0459 e. The molecule has 0 bridgehead atoms. The third-order valence-electron chi connectivity index (χ3n) is 2.14. The van der Waals surface area contributed by atoms with Crippen LogP contribution in [0.1, 0.15) is 47.0 Å². The molecule has 0 amide bonds. The second kappa shape index (κ2) is 4.76. The van der Waals surface area contributed by atoms with Crippen LogP contribution in [0.3, 0.4) is 0 Å². The maximum atomic E-state index is 8.92. The lowest BCUT2D eigenvalue weighted by Gasteiger charge is -2.20. The zero-order valence-electron chi connectivity index (χ0n) is 8.35. The molecule has 0 aliphatic heterocycles. The third kappa shape index (κ3) is 6.36. The fourth-order valence-corrected chi connectivity index (χ4v) is 1.06. The van der Waals surface area contributed by atoms with Crippen LogP contribution in [0.25, 0.3) is 0 Å². The Morgan fingerprint density at radius 2 is 1.82 bits per heavy atom. The van der Waals surface area contributed by atoms with E-state index in [0.717, 1.165) is 12.8 Å². The van der Waals surface area contributed by atoms with E-state index in [2.05, 4.69) is 27.7 Å². The van der Waals surface area contributed by atoms with Crippen molar-refractivity contribution in [2.75, 3.05) is 6.61 Å². The highest BCUT2D eigenvalue weighted by Gasteiger charge is 2.13. The maximum absolute atomic E-state index is 8.92. The molecule has 1 atom stereocenters. The second-order valence-electron chi connectivity index (χ2n) is 4.56. The standard InChI is InChI=1S/C10H22O/c1-5-9(8-11)6-7-10(2,3)4/h9,11H,5-8H2,1-4H3/t9-/m1/s1. The molecular weight excluding hydrogens is 136 g/mol. The first-order valence-electron chi connectivity index (χ1n) is 4.60. The number of aliphatic hydroxyl groups excluding tert-OH is 1. The van der Waals surface area contributed by atoms with Crippen molar-refractivity contribution < 1.29 is 5.11 Å². The minimum Gasteiger partial charge on any atom is -0.396 e. The van der Waals surface area contributed by atoms with E-state index in [1.807, 2.05) is 0 Å². The molecule has 68 valence electrons. The van der Waals surface area contributed by atoms with Crippen LogP contribution in [0.15, 0.2) is 0 Å². The predicted molar refractivity (Wildman–Crippen MR) is 49.6 cm³/mol. The minimum atomic E-state index is 0.354. The summed E-state index contributed by atoms with van der Waals surface area (Å²) in [7, 11) is 0. The molecule has 0 fully saturated rings. The average Bonchev–Trinajstić information content (AvgIpc) is 1.88. The molecule has 1 nitrogen and oxygen atoms in total. The van der Waals surface area contributed by atoms with Gasteiger partial charge in [0.15, 0.2) is 0 Å². The summed E-state index contributed by atoms with van der Waals surface area (Å²) in [6.45, 7) is 9.24. The molecule has 0 aromatic heterocycles. The Morgan fingerprint density at radius 3 is 2.09 bits per heavy atom. The molecule has 0 spiro atoms. The summed E-state index contributed by atoms with van der Waals surface area (Å²) >= 11 is 0. The summed E-state index contributed by atoms with van der Waals surface area (Å²) in [4.78, 5) is 0. The van der Waals surface area contributed by atoms with Crippen molar-refractivity contribution in [1.82, 2.24) is 0 Å². The molecule has 0 saturated carbocycles. The van der Waals surface area contributed by atoms with Crippen molar-refractivity contribution in [2.45, 2.75) is 47.0 Å². The number of aliphatic hydroxyl groups is 1. The van der Waals surface area contributed by atoms with Gasteiger partial charge in [-0.15, -0.1) is 0 Å². The Labute approximate surface area is 70.8 Å². The molecule has 0 saturated heterocycles. The van der Waals surface area contributed by atoms with Gasteiger partial charge in [-0.05, 0) is 24.2 Å². The van der Waals surface area contributed by atoms with Gasteiger partial charge in [0.25, 0.3) is 0 Å². The highest BCUT2D eigenvalue weighted by molar-refractivity contribution is 4.64. The SMILES string of the molecule is CC[C@@H](CO)CCC(C)(C)C. The van der Waals surface area contributed by atoms with Gasteiger partial charge in [-0.25, -0.2) is 0 Å². The van der Waals surface area contributed by atoms with E-state index in [1.165, 1.54) is 6.42 Å². The fourth-order valence-electron chi connectivity index (χ4n) is 1.06. The van der Waals surface area contributed by atoms with E-state index in [1.54, 1.807) is 0 Å². The van der Waals surface area contributed by atoms with Crippen LogP contribution >= 0.6 is 0 Å². The number of rotatable bonds is 4. The van der Waals surface area contributed by atoms with Gasteiger partial charge in [0.2, 0.25) is 0 Å². The highest BCUT2D eigenvalue weighted by atomic mass is 16.3. The highest BCUT2D eigenvalue weighted by Crippen LogP contribution is 2.24. The molecule has 0 aliphatic carbocycles. The Kier molecular flexibility index (Phi) is 4.74. The Hall–Kier alpha value is -0.0400.